The number of nitrogens with zero attached hydrogens (tertiary/aromatic N) is 1. The van der Waals surface area contributed by atoms with Gasteiger partial charge in [-0.05, 0) is 29.3 Å². The molecule has 2 N–H and O–H groups in total. The van der Waals surface area contributed by atoms with Gasteiger partial charge in [-0.15, -0.1) is 12.4 Å². The molecule has 0 aliphatic heterocycles. The summed E-state index contributed by atoms with van der Waals surface area (Å²) >= 11 is 11.8. The van der Waals surface area contributed by atoms with Crippen molar-refractivity contribution in [3.63, 3.8) is 0 Å². The zero-order valence-electron chi connectivity index (χ0n) is 11.2. The Morgan fingerprint density at radius 3 is 2.43 bits per heavy atom. The lowest BCUT2D eigenvalue weighted by atomic mass is 10.1. The Hall–Kier alpha value is -1.48. The summed E-state index contributed by atoms with van der Waals surface area (Å²) in [6.07, 6.45) is 4.13. The summed E-state index contributed by atoms with van der Waals surface area (Å²) in [7, 11) is 0. The van der Waals surface area contributed by atoms with E-state index < -0.39 is 0 Å². The fourth-order valence-electron chi connectivity index (χ4n) is 1.69. The monoisotopic (exact) mass is 340 g/mol. The van der Waals surface area contributed by atoms with Gasteiger partial charge in [-0.3, -0.25) is 0 Å². The molecule has 2 aromatic carbocycles. The largest absolute Gasteiger partial charge is 0.387 e. The van der Waals surface area contributed by atoms with Crippen molar-refractivity contribution in [1.82, 2.24) is 0 Å². The maximum Gasteiger partial charge on any atom is 0.103 e. The molecule has 0 saturated heterocycles. The molecule has 0 bridgehead atoms. The molecule has 2 nitrogen and oxygen atoms in total. The summed E-state index contributed by atoms with van der Waals surface area (Å²) in [4.78, 5) is 4.20. The minimum Gasteiger partial charge on any atom is -0.387 e. The lowest BCUT2D eigenvalue weighted by Crippen LogP contribution is -2.14. The van der Waals surface area contributed by atoms with Crippen LogP contribution in [0.25, 0.3) is 6.08 Å². The molecule has 0 aliphatic rings. The molecule has 110 valence electrons. The van der Waals surface area contributed by atoms with Crippen molar-refractivity contribution < 1.29 is 0 Å². The Balaban J connectivity index is 0.00000220. The van der Waals surface area contributed by atoms with Gasteiger partial charge in [-0.1, -0.05) is 59.6 Å². The molecular weight excluding hydrogens is 327 g/mol. The summed E-state index contributed by atoms with van der Waals surface area (Å²) in [6, 6.07) is 15.4. The molecule has 0 spiro atoms. The number of nitrogens with two attached hydrogens (primary N) is 1. The first kappa shape index (κ1) is 17.6. The summed E-state index contributed by atoms with van der Waals surface area (Å²) < 4.78 is 0. The predicted molar refractivity (Wildman–Crippen MR) is 94.5 cm³/mol. The Labute approximate surface area is 140 Å². The van der Waals surface area contributed by atoms with E-state index in [1.54, 1.807) is 18.3 Å². The molecule has 21 heavy (non-hydrogen) atoms. The van der Waals surface area contributed by atoms with Crippen molar-refractivity contribution in [2.24, 2.45) is 10.7 Å². The number of halogens is 3. The highest BCUT2D eigenvalue weighted by Gasteiger charge is 1.97. The van der Waals surface area contributed by atoms with Crippen LogP contribution >= 0.6 is 35.6 Å². The molecule has 0 heterocycles. The minimum atomic E-state index is 0. The van der Waals surface area contributed by atoms with Crippen LogP contribution < -0.4 is 5.73 Å². The van der Waals surface area contributed by atoms with Gasteiger partial charge >= 0.3 is 0 Å². The summed E-state index contributed by atoms with van der Waals surface area (Å²) in [5.41, 5.74) is 7.94. The summed E-state index contributed by atoms with van der Waals surface area (Å²) in [5, 5.41) is 1.06. The number of hydrogen-bond acceptors (Lipinski definition) is 1. The third-order valence-corrected chi connectivity index (χ3v) is 3.42. The van der Waals surface area contributed by atoms with Crippen LogP contribution in [0.1, 0.15) is 11.1 Å². The van der Waals surface area contributed by atoms with Gasteiger partial charge in [0, 0.05) is 12.6 Å². The molecule has 0 aromatic heterocycles. The van der Waals surface area contributed by atoms with E-state index in [4.69, 9.17) is 28.9 Å². The van der Waals surface area contributed by atoms with Crippen LogP contribution in [0.3, 0.4) is 0 Å². The zero-order valence-corrected chi connectivity index (χ0v) is 13.5. The zero-order chi connectivity index (χ0) is 14.4. The van der Waals surface area contributed by atoms with Gasteiger partial charge in [-0.2, -0.15) is 0 Å². The third-order valence-electron chi connectivity index (χ3n) is 2.68. The van der Waals surface area contributed by atoms with E-state index in [0.29, 0.717) is 22.3 Å². The quantitative estimate of drug-likeness (QED) is 0.617. The van der Waals surface area contributed by atoms with Crippen molar-refractivity contribution in [1.29, 1.82) is 0 Å². The molecule has 0 radical (unpaired) electrons. The Kier molecular flexibility index (Phi) is 7.30. The van der Waals surface area contributed by atoms with Crippen LogP contribution in [0.15, 0.2) is 59.7 Å². The van der Waals surface area contributed by atoms with Crippen molar-refractivity contribution in [2.45, 2.75) is 6.42 Å². The van der Waals surface area contributed by atoms with Crippen LogP contribution in [0.4, 0.5) is 0 Å². The smallest absolute Gasteiger partial charge is 0.103 e. The van der Waals surface area contributed by atoms with Crippen LogP contribution in [-0.4, -0.2) is 5.84 Å². The number of aliphatic imine (C=N–C) groups is 1. The van der Waals surface area contributed by atoms with E-state index in [9.17, 15) is 0 Å². The van der Waals surface area contributed by atoms with Crippen LogP contribution in [0.2, 0.25) is 10.0 Å². The summed E-state index contributed by atoms with van der Waals surface area (Å²) in [5.74, 6) is 0.563. The summed E-state index contributed by atoms with van der Waals surface area (Å²) in [6.45, 7) is 0. The van der Waals surface area contributed by atoms with Crippen LogP contribution in [-0.2, 0) is 6.42 Å². The van der Waals surface area contributed by atoms with Crippen LogP contribution in [0.5, 0.6) is 0 Å². The second-order valence-electron chi connectivity index (χ2n) is 4.27. The lowest BCUT2D eigenvalue weighted by Gasteiger charge is -1.99. The van der Waals surface area contributed by atoms with Crippen molar-refractivity contribution in [2.75, 3.05) is 0 Å². The fourth-order valence-corrected chi connectivity index (χ4v) is 1.99. The maximum absolute atomic E-state index is 5.94. The number of rotatable bonds is 4. The van der Waals surface area contributed by atoms with E-state index in [2.05, 4.69) is 4.99 Å². The van der Waals surface area contributed by atoms with Crippen LogP contribution in [0, 0.1) is 0 Å². The second kappa shape index (κ2) is 8.73. The molecular formula is C16H15Cl3N2. The van der Waals surface area contributed by atoms with Crippen molar-refractivity contribution in [3.05, 3.63) is 75.9 Å². The third kappa shape index (κ3) is 5.80. The Bertz CT molecular complexity index is 637. The average Bonchev–Trinajstić information content (AvgIpc) is 2.44. The molecule has 2 rings (SSSR count). The van der Waals surface area contributed by atoms with Gasteiger partial charge in [0.15, 0.2) is 0 Å². The molecule has 5 heteroatoms. The van der Waals surface area contributed by atoms with Gasteiger partial charge < -0.3 is 5.73 Å². The molecule has 0 aliphatic carbocycles. The van der Waals surface area contributed by atoms with Gasteiger partial charge in [0.2, 0.25) is 0 Å². The lowest BCUT2D eigenvalue weighted by molar-refractivity contribution is 1.27. The van der Waals surface area contributed by atoms with Crippen molar-refractivity contribution >= 4 is 47.5 Å². The SMILES string of the molecule is Cl.NC(Cc1ccccc1)=N/C=C/c1ccc(Cl)c(Cl)c1. The van der Waals surface area contributed by atoms with Crippen molar-refractivity contribution in [3.8, 4) is 0 Å². The predicted octanol–water partition coefficient (Wildman–Crippen LogP) is 4.99. The molecule has 0 amide bonds. The fraction of sp³-hybridized carbons (Fsp3) is 0.0625. The van der Waals surface area contributed by atoms with Gasteiger partial charge in [0.1, 0.15) is 5.84 Å². The van der Waals surface area contributed by atoms with E-state index in [1.807, 2.05) is 42.5 Å². The number of benzene rings is 2. The molecule has 0 fully saturated rings. The standard InChI is InChI=1S/C16H14Cl2N2.ClH/c17-14-7-6-13(10-15(14)18)8-9-20-16(19)11-12-4-2-1-3-5-12;/h1-10H,11H2,(H2,19,20);1H/b9-8+;. The Morgan fingerprint density at radius 1 is 1.05 bits per heavy atom. The first-order valence-corrected chi connectivity index (χ1v) is 6.88. The highest BCUT2D eigenvalue weighted by atomic mass is 35.5. The number of hydrogen-bond donors (Lipinski definition) is 1. The normalized spacial score (nSPS) is 11.4. The van der Waals surface area contributed by atoms with E-state index in [-0.39, 0.29) is 12.4 Å². The molecule has 0 atom stereocenters. The topological polar surface area (TPSA) is 38.4 Å². The highest BCUT2D eigenvalue weighted by Crippen LogP contribution is 2.23. The van der Waals surface area contributed by atoms with Gasteiger partial charge in [-0.25, -0.2) is 4.99 Å². The Morgan fingerprint density at radius 2 is 1.76 bits per heavy atom. The first-order valence-electron chi connectivity index (χ1n) is 6.13. The molecule has 2 aromatic rings. The highest BCUT2D eigenvalue weighted by molar-refractivity contribution is 6.42. The van der Waals surface area contributed by atoms with E-state index in [1.165, 1.54) is 0 Å². The second-order valence-corrected chi connectivity index (χ2v) is 5.09. The van der Waals surface area contributed by atoms with Gasteiger partial charge in [0.25, 0.3) is 0 Å². The molecule has 0 saturated carbocycles. The van der Waals surface area contributed by atoms with E-state index >= 15 is 0 Å². The van der Waals surface area contributed by atoms with E-state index in [0.717, 1.165) is 11.1 Å². The minimum absolute atomic E-state index is 0. The molecule has 0 unspecified atom stereocenters. The number of amidine groups is 1. The van der Waals surface area contributed by atoms with Gasteiger partial charge in [0.05, 0.1) is 10.0 Å². The maximum atomic E-state index is 5.94. The first-order chi connectivity index (χ1) is 9.65. The average molecular weight is 342 g/mol.